The number of nitrogens with zero attached hydrogens (tertiary/aromatic N) is 1. The molecule has 0 spiro atoms. The van der Waals surface area contributed by atoms with Crippen LogP contribution in [0, 0.1) is 5.82 Å². The summed E-state index contributed by atoms with van der Waals surface area (Å²) in [5.41, 5.74) is 1.57. The first-order valence-corrected chi connectivity index (χ1v) is 12.6. The van der Waals surface area contributed by atoms with Crippen molar-refractivity contribution in [3.63, 3.8) is 0 Å². The number of carbonyl (C=O) groups is 3. The van der Waals surface area contributed by atoms with E-state index in [9.17, 15) is 18.8 Å². The number of rotatable bonds is 5. The van der Waals surface area contributed by atoms with Crippen molar-refractivity contribution in [2.75, 3.05) is 4.90 Å². The third kappa shape index (κ3) is 4.53. The van der Waals surface area contributed by atoms with Gasteiger partial charge in [-0.05, 0) is 61.6 Å². The standard InChI is InChI=1S/C21H22FNO5Si/c1-13(24)27-19-18(14-5-9-16(22)10-6-14)23(20(19)25)17-11-7-15(8-12-17)21(26)28-29(2,3)4/h5-12,18-19H,1-4H3/t18-,19-/m0/s1. The van der Waals surface area contributed by atoms with E-state index in [1.165, 1.54) is 24.0 Å². The molecule has 29 heavy (non-hydrogen) atoms. The molecule has 0 radical (unpaired) electrons. The highest BCUT2D eigenvalue weighted by molar-refractivity contribution is 6.71. The highest BCUT2D eigenvalue weighted by atomic mass is 28.4. The number of amides is 1. The van der Waals surface area contributed by atoms with Crippen molar-refractivity contribution in [2.24, 2.45) is 0 Å². The van der Waals surface area contributed by atoms with E-state index in [1.54, 1.807) is 36.4 Å². The van der Waals surface area contributed by atoms with Gasteiger partial charge < -0.3 is 9.16 Å². The van der Waals surface area contributed by atoms with Crippen LogP contribution >= 0.6 is 0 Å². The zero-order chi connectivity index (χ0) is 21.3. The number of halogens is 1. The highest BCUT2D eigenvalue weighted by Crippen LogP contribution is 2.41. The lowest BCUT2D eigenvalue weighted by Gasteiger charge is -2.46. The maximum absolute atomic E-state index is 13.3. The van der Waals surface area contributed by atoms with Gasteiger partial charge in [-0.3, -0.25) is 14.5 Å². The fourth-order valence-corrected chi connectivity index (χ4v) is 3.80. The molecule has 0 aromatic heterocycles. The van der Waals surface area contributed by atoms with Gasteiger partial charge in [-0.2, -0.15) is 0 Å². The van der Waals surface area contributed by atoms with Crippen molar-refractivity contribution in [1.82, 2.24) is 0 Å². The molecule has 2 atom stereocenters. The van der Waals surface area contributed by atoms with E-state index in [0.717, 1.165) is 0 Å². The van der Waals surface area contributed by atoms with E-state index < -0.39 is 38.2 Å². The second kappa shape index (κ2) is 7.79. The lowest BCUT2D eigenvalue weighted by atomic mass is 9.89. The van der Waals surface area contributed by atoms with Crippen LogP contribution in [0.25, 0.3) is 0 Å². The van der Waals surface area contributed by atoms with Crippen molar-refractivity contribution in [3.8, 4) is 0 Å². The Balaban J connectivity index is 1.87. The summed E-state index contributed by atoms with van der Waals surface area (Å²) in [6.45, 7) is 6.98. The van der Waals surface area contributed by atoms with Gasteiger partial charge in [-0.25, -0.2) is 9.18 Å². The molecule has 0 unspecified atom stereocenters. The van der Waals surface area contributed by atoms with Gasteiger partial charge in [0.1, 0.15) is 11.9 Å². The average Bonchev–Trinajstić information content (AvgIpc) is 2.64. The molecule has 2 aromatic rings. The molecular formula is C21H22FNO5Si. The van der Waals surface area contributed by atoms with Crippen LogP contribution in [0.3, 0.4) is 0 Å². The van der Waals surface area contributed by atoms with E-state index in [2.05, 4.69) is 0 Å². The molecule has 0 N–H and O–H groups in total. The predicted octanol–water partition coefficient (Wildman–Crippen LogP) is 3.84. The van der Waals surface area contributed by atoms with Crippen LogP contribution in [0.5, 0.6) is 0 Å². The minimum Gasteiger partial charge on any atom is -0.516 e. The molecule has 6 nitrogen and oxygen atoms in total. The van der Waals surface area contributed by atoms with Crippen molar-refractivity contribution < 1.29 is 27.9 Å². The SMILES string of the molecule is CC(=O)O[C@@H]1C(=O)N(c2ccc(C(=O)O[Si](C)(C)C)cc2)[C@H]1c1ccc(F)cc1. The smallest absolute Gasteiger partial charge is 0.324 e. The van der Waals surface area contributed by atoms with Gasteiger partial charge in [-0.1, -0.05) is 12.1 Å². The Morgan fingerprint density at radius 1 is 1.00 bits per heavy atom. The predicted molar refractivity (Wildman–Crippen MR) is 107 cm³/mol. The lowest BCUT2D eigenvalue weighted by molar-refractivity contribution is -0.160. The molecule has 2 aromatic carbocycles. The maximum atomic E-state index is 13.3. The minimum atomic E-state index is -2.02. The van der Waals surface area contributed by atoms with Crippen LogP contribution < -0.4 is 4.90 Å². The summed E-state index contributed by atoms with van der Waals surface area (Å²) >= 11 is 0. The molecule has 1 fully saturated rings. The summed E-state index contributed by atoms with van der Waals surface area (Å²) in [7, 11) is -2.02. The average molecular weight is 415 g/mol. The summed E-state index contributed by atoms with van der Waals surface area (Å²) < 4.78 is 24.0. The van der Waals surface area contributed by atoms with Crippen molar-refractivity contribution in [3.05, 3.63) is 65.5 Å². The maximum Gasteiger partial charge on any atom is 0.324 e. The zero-order valence-corrected chi connectivity index (χ0v) is 17.6. The van der Waals surface area contributed by atoms with E-state index in [1.807, 2.05) is 19.6 Å². The first-order valence-electron chi connectivity index (χ1n) is 9.16. The minimum absolute atomic E-state index is 0.382. The van der Waals surface area contributed by atoms with Crippen LogP contribution in [-0.2, 0) is 18.8 Å². The summed E-state index contributed by atoms with van der Waals surface area (Å²) in [5.74, 6) is -1.76. The Morgan fingerprint density at radius 2 is 1.59 bits per heavy atom. The van der Waals surface area contributed by atoms with Crippen LogP contribution in [0.1, 0.15) is 28.9 Å². The van der Waals surface area contributed by atoms with Gasteiger partial charge in [-0.15, -0.1) is 0 Å². The number of hydrogen-bond donors (Lipinski definition) is 0. The highest BCUT2D eigenvalue weighted by Gasteiger charge is 2.51. The molecule has 0 aliphatic carbocycles. The topological polar surface area (TPSA) is 72.9 Å². The molecule has 1 aliphatic heterocycles. The van der Waals surface area contributed by atoms with Gasteiger partial charge in [0.15, 0.2) is 0 Å². The van der Waals surface area contributed by atoms with Gasteiger partial charge in [0.2, 0.25) is 14.4 Å². The first kappa shape index (κ1) is 20.7. The largest absolute Gasteiger partial charge is 0.516 e. The molecular weight excluding hydrogens is 393 g/mol. The Kier molecular flexibility index (Phi) is 5.56. The number of hydrogen-bond acceptors (Lipinski definition) is 5. The van der Waals surface area contributed by atoms with E-state index >= 15 is 0 Å². The third-order valence-electron chi connectivity index (χ3n) is 4.33. The Labute approximate surface area is 169 Å². The van der Waals surface area contributed by atoms with Crippen LogP contribution in [0.4, 0.5) is 10.1 Å². The lowest BCUT2D eigenvalue weighted by Crippen LogP contribution is -2.60. The molecule has 0 saturated carbocycles. The molecule has 1 heterocycles. The molecule has 8 heteroatoms. The van der Waals surface area contributed by atoms with Crippen LogP contribution in [0.2, 0.25) is 19.6 Å². The van der Waals surface area contributed by atoms with Gasteiger partial charge >= 0.3 is 11.9 Å². The Hall–Kier alpha value is -3.00. The first-order chi connectivity index (χ1) is 13.6. The van der Waals surface area contributed by atoms with Gasteiger partial charge in [0, 0.05) is 12.6 Å². The summed E-state index contributed by atoms with van der Waals surface area (Å²) in [5, 5.41) is 0. The number of esters is 1. The summed E-state index contributed by atoms with van der Waals surface area (Å²) in [6, 6.07) is 11.6. The number of benzene rings is 2. The zero-order valence-electron chi connectivity index (χ0n) is 16.6. The third-order valence-corrected chi connectivity index (χ3v) is 5.13. The van der Waals surface area contributed by atoms with Crippen molar-refractivity contribution >= 4 is 31.9 Å². The monoisotopic (exact) mass is 415 g/mol. The van der Waals surface area contributed by atoms with Gasteiger partial charge in [0.25, 0.3) is 5.91 Å². The fraction of sp³-hybridized carbons (Fsp3) is 0.286. The summed E-state index contributed by atoms with van der Waals surface area (Å²) in [6.07, 6.45) is -0.977. The van der Waals surface area contributed by atoms with E-state index in [0.29, 0.717) is 16.8 Å². The molecule has 152 valence electrons. The normalized spacial score (nSPS) is 18.8. The second-order valence-corrected chi connectivity index (χ2v) is 12.2. The van der Waals surface area contributed by atoms with E-state index in [-0.39, 0.29) is 5.91 Å². The fourth-order valence-electron chi connectivity index (χ4n) is 3.12. The quantitative estimate of drug-likeness (QED) is 0.422. The number of anilines is 1. The molecule has 0 bridgehead atoms. The molecule has 1 aliphatic rings. The molecule has 1 amide bonds. The van der Waals surface area contributed by atoms with Crippen molar-refractivity contribution in [2.45, 2.75) is 38.7 Å². The van der Waals surface area contributed by atoms with Crippen LogP contribution in [0.15, 0.2) is 48.5 Å². The van der Waals surface area contributed by atoms with Crippen molar-refractivity contribution in [1.29, 1.82) is 0 Å². The summed E-state index contributed by atoms with van der Waals surface area (Å²) in [4.78, 5) is 37.7. The van der Waals surface area contributed by atoms with Gasteiger partial charge in [0.05, 0.1) is 5.56 Å². The number of ether oxygens (including phenoxy) is 1. The van der Waals surface area contributed by atoms with Crippen LogP contribution in [-0.4, -0.2) is 32.3 Å². The molecule has 1 saturated heterocycles. The number of carbonyl (C=O) groups excluding carboxylic acids is 3. The Bertz CT molecular complexity index is 937. The Morgan fingerprint density at radius 3 is 2.10 bits per heavy atom. The second-order valence-electron chi connectivity index (χ2n) is 7.78. The number of β-lactam (4-membered cyclic amide) rings is 1. The van der Waals surface area contributed by atoms with E-state index in [4.69, 9.17) is 9.16 Å². The molecule has 3 rings (SSSR count).